The van der Waals surface area contributed by atoms with E-state index in [1.54, 1.807) is 41.3 Å². The van der Waals surface area contributed by atoms with Gasteiger partial charge in [0.25, 0.3) is 0 Å². The molecule has 0 bridgehead atoms. The minimum Gasteiger partial charge on any atom is -0.493 e. The van der Waals surface area contributed by atoms with Crippen molar-refractivity contribution in [2.45, 2.75) is 18.8 Å². The van der Waals surface area contributed by atoms with Crippen LogP contribution in [0.25, 0.3) is 0 Å². The summed E-state index contributed by atoms with van der Waals surface area (Å²) in [6.45, 7) is 1.02. The van der Waals surface area contributed by atoms with Gasteiger partial charge in [-0.1, -0.05) is 30.3 Å². The van der Waals surface area contributed by atoms with Crippen molar-refractivity contribution in [2.24, 2.45) is 4.99 Å². The number of nitrogens with zero attached hydrogens (tertiary/aromatic N) is 3. The van der Waals surface area contributed by atoms with Crippen molar-refractivity contribution in [1.82, 2.24) is 4.90 Å². The number of methoxy groups -OCH3 is 2. The van der Waals surface area contributed by atoms with E-state index < -0.39 is 15.9 Å². The standard InChI is InChI=1S/C30H32N4O6S/c1-39-25-17-23-24(18-26(25)40-2)32-30(36)28(23)29(20-9-5-4-6-10-20)31-21-11-13-22(14-12-21)34(41(3,37)38)19-27(35)33-15-7-8-16-33/h4-6,9-14,17-18,28H,7-8,15-16,19H2,1-3H3,(H,32,36). The highest BCUT2D eigenvalue weighted by atomic mass is 32.2. The SMILES string of the molecule is COc1cc2c(cc1OC)C(C(=Nc1ccc(N(CC(=O)N3CCCC3)S(C)(=O)=O)cc1)c1ccccc1)C(=O)N2. The predicted octanol–water partition coefficient (Wildman–Crippen LogP) is 3.95. The molecule has 10 nitrogen and oxygen atoms in total. The van der Waals surface area contributed by atoms with Crippen LogP contribution < -0.4 is 19.1 Å². The van der Waals surface area contributed by atoms with Gasteiger partial charge in [-0.15, -0.1) is 0 Å². The summed E-state index contributed by atoms with van der Waals surface area (Å²) in [7, 11) is -0.641. The first kappa shape index (κ1) is 28.2. The smallest absolute Gasteiger partial charge is 0.243 e. The Morgan fingerprint density at radius 3 is 2.24 bits per heavy atom. The predicted molar refractivity (Wildman–Crippen MR) is 158 cm³/mol. The number of aliphatic imine (C=N–C) groups is 1. The molecule has 0 aromatic heterocycles. The van der Waals surface area contributed by atoms with Crippen LogP contribution in [0.2, 0.25) is 0 Å². The number of amides is 2. The maximum absolute atomic E-state index is 13.3. The fourth-order valence-corrected chi connectivity index (χ4v) is 6.04. The second-order valence-electron chi connectivity index (χ2n) is 9.95. The molecule has 0 saturated carbocycles. The van der Waals surface area contributed by atoms with Gasteiger partial charge in [0.05, 0.1) is 37.6 Å². The van der Waals surface area contributed by atoms with Crippen LogP contribution in [0.1, 0.15) is 29.9 Å². The molecule has 2 heterocycles. The highest BCUT2D eigenvalue weighted by Gasteiger charge is 2.37. The Morgan fingerprint density at radius 2 is 1.63 bits per heavy atom. The number of benzene rings is 3. The number of carbonyl (C=O) groups is 2. The Bertz CT molecular complexity index is 1580. The fraction of sp³-hybridized carbons (Fsp3) is 0.300. The minimum absolute atomic E-state index is 0.223. The number of rotatable bonds is 9. The van der Waals surface area contributed by atoms with Crippen molar-refractivity contribution in [3.05, 3.63) is 77.9 Å². The van der Waals surface area contributed by atoms with Crippen LogP contribution in [0.3, 0.4) is 0 Å². The van der Waals surface area contributed by atoms with E-state index in [1.165, 1.54) is 14.2 Å². The molecule has 2 aliphatic rings. The Balaban J connectivity index is 1.52. The third-order valence-corrected chi connectivity index (χ3v) is 8.40. The average Bonchev–Trinajstić information content (AvgIpc) is 3.62. The number of likely N-dealkylation sites (tertiary alicyclic amines) is 1. The largest absolute Gasteiger partial charge is 0.493 e. The van der Waals surface area contributed by atoms with E-state index in [0.717, 1.165) is 29.0 Å². The highest BCUT2D eigenvalue weighted by molar-refractivity contribution is 7.92. The van der Waals surface area contributed by atoms with Crippen LogP contribution in [0, 0.1) is 0 Å². The number of hydrogen-bond acceptors (Lipinski definition) is 7. The van der Waals surface area contributed by atoms with E-state index in [1.807, 2.05) is 30.3 Å². The van der Waals surface area contributed by atoms with E-state index >= 15 is 0 Å². The number of carbonyl (C=O) groups excluding carboxylic acids is 2. The van der Waals surface area contributed by atoms with Crippen molar-refractivity contribution < 1.29 is 27.5 Å². The van der Waals surface area contributed by atoms with Crippen LogP contribution in [-0.4, -0.2) is 71.0 Å². The minimum atomic E-state index is -3.71. The normalized spacial score (nSPS) is 16.8. The molecule has 2 amide bonds. The second-order valence-corrected chi connectivity index (χ2v) is 11.9. The van der Waals surface area contributed by atoms with E-state index in [-0.39, 0.29) is 18.4 Å². The number of sulfonamides is 1. The third kappa shape index (κ3) is 5.90. The molecule has 3 aromatic rings. The van der Waals surface area contributed by atoms with Crippen LogP contribution in [0.4, 0.5) is 17.1 Å². The van der Waals surface area contributed by atoms with E-state index in [9.17, 15) is 18.0 Å². The maximum atomic E-state index is 13.3. The van der Waals surface area contributed by atoms with Gasteiger partial charge in [0, 0.05) is 24.8 Å². The quantitative estimate of drug-likeness (QED) is 0.386. The molecule has 0 aliphatic carbocycles. The van der Waals surface area contributed by atoms with Gasteiger partial charge >= 0.3 is 0 Å². The Labute approximate surface area is 239 Å². The summed E-state index contributed by atoms with van der Waals surface area (Å²) in [5.41, 5.74) is 3.48. The number of hydrogen-bond donors (Lipinski definition) is 1. The van der Waals surface area contributed by atoms with Gasteiger partial charge in [-0.25, -0.2) is 8.42 Å². The van der Waals surface area contributed by atoms with Crippen molar-refractivity contribution in [3.63, 3.8) is 0 Å². The molecule has 0 spiro atoms. The van der Waals surface area contributed by atoms with Gasteiger partial charge in [0.2, 0.25) is 21.8 Å². The Hall–Kier alpha value is -4.38. The zero-order valence-electron chi connectivity index (χ0n) is 23.2. The summed E-state index contributed by atoms with van der Waals surface area (Å²) in [6.07, 6.45) is 2.93. The van der Waals surface area contributed by atoms with E-state index in [2.05, 4.69) is 5.32 Å². The summed E-state index contributed by atoms with van der Waals surface area (Å²) >= 11 is 0. The molecule has 11 heteroatoms. The molecule has 1 saturated heterocycles. The molecule has 0 radical (unpaired) electrons. The zero-order chi connectivity index (χ0) is 29.1. The maximum Gasteiger partial charge on any atom is 0.243 e. The first-order valence-corrected chi connectivity index (χ1v) is 15.1. The van der Waals surface area contributed by atoms with Crippen LogP contribution in [0.15, 0.2) is 71.7 Å². The number of anilines is 2. The van der Waals surface area contributed by atoms with E-state index in [0.29, 0.717) is 52.9 Å². The van der Waals surface area contributed by atoms with Crippen LogP contribution in [-0.2, 0) is 19.6 Å². The first-order valence-electron chi connectivity index (χ1n) is 13.3. The molecule has 1 atom stereocenters. The Morgan fingerprint density at radius 1 is 1.00 bits per heavy atom. The summed E-state index contributed by atoms with van der Waals surface area (Å²) in [5.74, 6) is -0.191. The molecular formula is C30H32N4O6S. The fourth-order valence-electron chi connectivity index (χ4n) is 5.19. The molecule has 1 unspecified atom stereocenters. The van der Waals surface area contributed by atoms with Crippen LogP contribution >= 0.6 is 0 Å². The van der Waals surface area contributed by atoms with E-state index in [4.69, 9.17) is 14.5 Å². The third-order valence-electron chi connectivity index (χ3n) is 7.25. The number of fused-ring (bicyclic) bond motifs is 1. The van der Waals surface area contributed by atoms with Gasteiger partial charge in [0.1, 0.15) is 12.5 Å². The summed E-state index contributed by atoms with van der Waals surface area (Å²) in [6, 6.07) is 19.5. The van der Waals surface area contributed by atoms with Crippen molar-refractivity contribution >= 4 is 44.6 Å². The monoisotopic (exact) mass is 576 g/mol. The topological polar surface area (TPSA) is 118 Å². The molecule has 3 aromatic carbocycles. The molecule has 1 N–H and O–H groups in total. The first-order chi connectivity index (χ1) is 19.7. The summed E-state index contributed by atoms with van der Waals surface area (Å²) in [5, 5.41) is 2.93. The lowest BCUT2D eigenvalue weighted by atomic mass is 9.90. The summed E-state index contributed by atoms with van der Waals surface area (Å²) < 4.78 is 37.2. The lowest BCUT2D eigenvalue weighted by Gasteiger charge is -2.25. The van der Waals surface area contributed by atoms with Gasteiger partial charge < -0.3 is 19.7 Å². The molecule has 2 aliphatic heterocycles. The highest BCUT2D eigenvalue weighted by Crippen LogP contribution is 2.42. The van der Waals surface area contributed by atoms with Gasteiger partial charge in [-0.2, -0.15) is 0 Å². The molecular weight excluding hydrogens is 544 g/mol. The zero-order valence-corrected chi connectivity index (χ0v) is 24.0. The van der Waals surface area contributed by atoms with Crippen molar-refractivity contribution in [1.29, 1.82) is 0 Å². The molecule has 5 rings (SSSR count). The van der Waals surface area contributed by atoms with Crippen molar-refractivity contribution in [3.8, 4) is 11.5 Å². The average molecular weight is 577 g/mol. The number of ether oxygens (including phenoxy) is 2. The molecule has 41 heavy (non-hydrogen) atoms. The van der Waals surface area contributed by atoms with Gasteiger partial charge in [0.15, 0.2) is 11.5 Å². The second kappa shape index (κ2) is 11.6. The lowest BCUT2D eigenvalue weighted by Crippen LogP contribution is -2.41. The van der Waals surface area contributed by atoms with Gasteiger partial charge in [-0.05, 0) is 54.3 Å². The van der Waals surface area contributed by atoms with Crippen molar-refractivity contribution in [2.75, 3.05) is 49.7 Å². The Kier molecular flexibility index (Phi) is 7.98. The molecule has 214 valence electrons. The van der Waals surface area contributed by atoms with Crippen LogP contribution in [0.5, 0.6) is 11.5 Å². The van der Waals surface area contributed by atoms with Gasteiger partial charge in [-0.3, -0.25) is 18.9 Å². The summed E-state index contributed by atoms with van der Waals surface area (Å²) in [4.78, 5) is 32.6. The lowest BCUT2D eigenvalue weighted by molar-refractivity contribution is -0.128. The molecule has 1 fully saturated rings. The number of nitrogens with one attached hydrogen (secondary N) is 1.